The molecule has 16 heavy (non-hydrogen) atoms. The third-order valence-corrected chi connectivity index (χ3v) is 3.14. The van der Waals surface area contributed by atoms with Crippen LogP contribution < -0.4 is 5.73 Å². The summed E-state index contributed by atoms with van der Waals surface area (Å²) in [6, 6.07) is 0. The monoisotopic (exact) mass is 226 g/mol. The average molecular weight is 226 g/mol. The maximum absolute atomic E-state index is 12.0. The number of piperazine rings is 1. The number of guanidine groups is 1. The lowest BCUT2D eigenvalue weighted by Gasteiger charge is -2.35. The summed E-state index contributed by atoms with van der Waals surface area (Å²) in [6.07, 6.45) is 1.58. The molecule has 2 heterocycles. The van der Waals surface area contributed by atoms with Gasteiger partial charge in [0.05, 0.1) is 0 Å². The molecule has 0 aromatic rings. The molecular formula is C10H18N4O2. The Kier molecular flexibility index (Phi) is 3.28. The quantitative estimate of drug-likeness (QED) is 0.453. The van der Waals surface area contributed by atoms with Crippen LogP contribution in [0.5, 0.6) is 0 Å². The fraction of sp³-hybridized carbons (Fsp3) is 0.800. The van der Waals surface area contributed by atoms with Crippen molar-refractivity contribution in [2.45, 2.75) is 18.9 Å². The van der Waals surface area contributed by atoms with Crippen LogP contribution in [-0.2, 0) is 9.53 Å². The summed E-state index contributed by atoms with van der Waals surface area (Å²) in [5.74, 6) is 0.185. The molecule has 2 aliphatic rings. The number of amides is 1. The van der Waals surface area contributed by atoms with Crippen molar-refractivity contribution in [3.63, 3.8) is 0 Å². The second kappa shape index (κ2) is 4.69. The lowest BCUT2D eigenvalue weighted by molar-refractivity contribution is -0.142. The summed E-state index contributed by atoms with van der Waals surface area (Å²) >= 11 is 0. The van der Waals surface area contributed by atoms with Gasteiger partial charge in [-0.15, -0.1) is 0 Å². The van der Waals surface area contributed by atoms with Gasteiger partial charge in [0.25, 0.3) is 5.91 Å². The molecule has 90 valence electrons. The van der Waals surface area contributed by atoms with Crippen LogP contribution in [0.15, 0.2) is 0 Å². The van der Waals surface area contributed by atoms with Crippen molar-refractivity contribution in [1.82, 2.24) is 9.80 Å². The van der Waals surface area contributed by atoms with Crippen LogP contribution in [0.1, 0.15) is 12.8 Å². The summed E-state index contributed by atoms with van der Waals surface area (Å²) in [5, 5.41) is 7.30. The molecule has 0 aromatic carbocycles. The fourth-order valence-electron chi connectivity index (χ4n) is 2.14. The van der Waals surface area contributed by atoms with E-state index in [1.54, 1.807) is 4.90 Å². The summed E-state index contributed by atoms with van der Waals surface area (Å²) < 4.78 is 5.37. The van der Waals surface area contributed by atoms with Gasteiger partial charge in [-0.05, 0) is 12.8 Å². The Morgan fingerprint density at radius 1 is 1.25 bits per heavy atom. The molecule has 6 heteroatoms. The Morgan fingerprint density at radius 2 is 1.88 bits per heavy atom. The number of nitrogens with zero attached hydrogens (tertiary/aromatic N) is 2. The molecule has 2 aliphatic heterocycles. The van der Waals surface area contributed by atoms with Gasteiger partial charge >= 0.3 is 0 Å². The molecule has 2 saturated heterocycles. The van der Waals surface area contributed by atoms with Crippen LogP contribution in [0.4, 0.5) is 0 Å². The molecule has 2 rings (SSSR count). The van der Waals surface area contributed by atoms with Crippen molar-refractivity contribution in [1.29, 1.82) is 5.41 Å². The Labute approximate surface area is 94.8 Å². The molecule has 0 bridgehead atoms. The lowest BCUT2D eigenvalue weighted by atomic mass is 10.2. The Balaban J connectivity index is 1.84. The van der Waals surface area contributed by atoms with E-state index in [4.69, 9.17) is 15.9 Å². The van der Waals surface area contributed by atoms with E-state index in [9.17, 15) is 4.79 Å². The van der Waals surface area contributed by atoms with E-state index in [0.29, 0.717) is 32.8 Å². The van der Waals surface area contributed by atoms with Gasteiger partial charge < -0.3 is 20.3 Å². The van der Waals surface area contributed by atoms with Crippen molar-refractivity contribution >= 4 is 11.9 Å². The smallest absolute Gasteiger partial charge is 0.251 e. The number of hydrogen-bond donors (Lipinski definition) is 2. The molecule has 0 radical (unpaired) electrons. The first-order chi connectivity index (χ1) is 7.68. The van der Waals surface area contributed by atoms with E-state index in [-0.39, 0.29) is 18.0 Å². The highest BCUT2D eigenvalue weighted by Gasteiger charge is 2.30. The zero-order valence-electron chi connectivity index (χ0n) is 9.32. The average Bonchev–Trinajstić information content (AvgIpc) is 2.81. The van der Waals surface area contributed by atoms with E-state index >= 15 is 0 Å². The molecule has 0 spiro atoms. The number of nitrogens with one attached hydrogen (secondary N) is 1. The fourth-order valence-corrected chi connectivity index (χ4v) is 2.14. The van der Waals surface area contributed by atoms with Crippen LogP contribution in [0.25, 0.3) is 0 Å². The number of carbonyl (C=O) groups is 1. The number of nitrogens with two attached hydrogens (primary N) is 1. The third-order valence-electron chi connectivity index (χ3n) is 3.14. The maximum atomic E-state index is 12.0. The van der Waals surface area contributed by atoms with Gasteiger partial charge in [-0.1, -0.05) is 0 Å². The molecule has 6 nitrogen and oxygen atoms in total. The Hall–Kier alpha value is -1.30. The highest BCUT2D eigenvalue weighted by molar-refractivity contribution is 5.81. The second-order valence-corrected chi connectivity index (χ2v) is 4.20. The van der Waals surface area contributed by atoms with Gasteiger partial charge in [-0.3, -0.25) is 10.2 Å². The predicted molar refractivity (Wildman–Crippen MR) is 59.0 cm³/mol. The minimum absolute atomic E-state index is 0.0872. The SMILES string of the molecule is N=C(N)N1CCN(C(=O)[C@@H]2CCCO2)CC1. The first kappa shape index (κ1) is 11.2. The Morgan fingerprint density at radius 3 is 2.38 bits per heavy atom. The van der Waals surface area contributed by atoms with Crippen molar-refractivity contribution < 1.29 is 9.53 Å². The molecule has 1 amide bonds. The van der Waals surface area contributed by atoms with E-state index in [1.807, 2.05) is 4.90 Å². The minimum atomic E-state index is -0.233. The molecule has 3 N–H and O–H groups in total. The summed E-state index contributed by atoms with van der Waals surface area (Å²) in [7, 11) is 0. The number of hydrogen-bond acceptors (Lipinski definition) is 3. The van der Waals surface area contributed by atoms with E-state index < -0.39 is 0 Å². The number of rotatable bonds is 1. The number of carbonyl (C=O) groups excluding carboxylic acids is 1. The van der Waals surface area contributed by atoms with Crippen LogP contribution in [0, 0.1) is 5.41 Å². The van der Waals surface area contributed by atoms with Crippen molar-refractivity contribution in [3.05, 3.63) is 0 Å². The van der Waals surface area contributed by atoms with Gasteiger partial charge in [-0.25, -0.2) is 0 Å². The standard InChI is InChI=1S/C10H18N4O2/c11-10(12)14-5-3-13(4-6-14)9(15)8-2-1-7-16-8/h8H,1-7H2,(H3,11,12)/t8-/m0/s1. The van der Waals surface area contributed by atoms with Crippen molar-refractivity contribution in [2.75, 3.05) is 32.8 Å². The maximum Gasteiger partial charge on any atom is 0.251 e. The van der Waals surface area contributed by atoms with E-state index in [2.05, 4.69) is 0 Å². The highest BCUT2D eigenvalue weighted by atomic mass is 16.5. The van der Waals surface area contributed by atoms with E-state index in [0.717, 1.165) is 12.8 Å². The van der Waals surface area contributed by atoms with Gasteiger partial charge in [0, 0.05) is 32.8 Å². The van der Waals surface area contributed by atoms with Gasteiger partial charge in [0.15, 0.2) is 5.96 Å². The van der Waals surface area contributed by atoms with Crippen LogP contribution in [0.3, 0.4) is 0 Å². The summed E-state index contributed by atoms with van der Waals surface area (Å²) in [4.78, 5) is 15.6. The highest BCUT2D eigenvalue weighted by Crippen LogP contribution is 2.15. The zero-order valence-corrected chi connectivity index (χ0v) is 9.32. The molecule has 0 aliphatic carbocycles. The van der Waals surface area contributed by atoms with Gasteiger partial charge in [-0.2, -0.15) is 0 Å². The van der Waals surface area contributed by atoms with Gasteiger partial charge in [0.2, 0.25) is 0 Å². The van der Waals surface area contributed by atoms with Crippen molar-refractivity contribution in [3.8, 4) is 0 Å². The first-order valence-corrected chi connectivity index (χ1v) is 5.68. The summed E-state index contributed by atoms with van der Waals surface area (Å²) in [6.45, 7) is 3.27. The topological polar surface area (TPSA) is 82.7 Å². The molecule has 1 atom stereocenters. The second-order valence-electron chi connectivity index (χ2n) is 4.20. The summed E-state index contributed by atoms with van der Waals surface area (Å²) in [5.41, 5.74) is 5.39. The first-order valence-electron chi connectivity index (χ1n) is 5.68. The zero-order chi connectivity index (χ0) is 11.5. The van der Waals surface area contributed by atoms with Crippen LogP contribution in [0.2, 0.25) is 0 Å². The molecule has 2 fully saturated rings. The minimum Gasteiger partial charge on any atom is -0.370 e. The number of ether oxygens (including phenoxy) is 1. The van der Waals surface area contributed by atoms with Gasteiger partial charge in [0.1, 0.15) is 6.10 Å². The largest absolute Gasteiger partial charge is 0.370 e. The van der Waals surface area contributed by atoms with Crippen LogP contribution in [-0.4, -0.2) is 60.6 Å². The molecule has 0 unspecified atom stereocenters. The third kappa shape index (κ3) is 2.27. The van der Waals surface area contributed by atoms with Crippen molar-refractivity contribution in [2.24, 2.45) is 5.73 Å². The van der Waals surface area contributed by atoms with E-state index in [1.165, 1.54) is 0 Å². The normalized spacial score (nSPS) is 25.9. The van der Waals surface area contributed by atoms with Crippen LogP contribution >= 0.6 is 0 Å². The predicted octanol–water partition coefficient (Wildman–Crippen LogP) is -0.797. The Bertz CT molecular complexity index is 281. The molecule has 0 saturated carbocycles. The molecule has 0 aromatic heterocycles. The lowest BCUT2D eigenvalue weighted by Crippen LogP contribution is -2.54. The molecular weight excluding hydrogens is 208 g/mol.